The van der Waals surface area contributed by atoms with Crippen molar-refractivity contribution in [1.82, 2.24) is 0 Å². The largest absolute Gasteiger partial charge is 0.462 e. The van der Waals surface area contributed by atoms with Crippen molar-refractivity contribution in [2.45, 2.75) is 341 Å². The van der Waals surface area contributed by atoms with E-state index in [1.807, 2.05) is 0 Å². The van der Waals surface area contributed by atoms with Crippen LogP contribution in [0, 0.1) is 0 Å². The summed E-state index contributed by atoms with van der Waals surface area (Å²) in [5.41, 5.74) is 0. The lowest BCUT2D eigenvalue weighted by atomic mass is 10.0. The van der Waals surface area contributed by atoms with Crippen molar-refractivity contribution in [2.24, 2.45) is 0 Å². The number of hydrogen-bond acceptors (Lipinski definition) is 6. The molecule has 0 aromatic rings. The summed E-state index contributed by atoms with van der Waals surface area (Å²) in [5, 5.41) is 0. The van der Waals surface area contributed by atoms with Crippen LogP contribution in [0.1, 0.15) is 335 Å². The molecule has 70 heavy (non-hydrogen) atoms. The highest BCUT2D eigenvalue weighted by Crippen LogP contribution is 2.17. The van der Waals surface area contributed by atoms with Crippen LogP contribution in [0.2, 0.25) is 0 Å². The van der Waals surface area contributed by atoms with Gasteiger partial charge in [0.2, 0.25) is 0 Å². The standard InChI is InChI=1S/C64H118O6/c1-4-7-10-13-16-19-21-23-25-26-27-28-29-30-31-32-33-34-35-36-37-38-39-41-42-45-48-51-54-57-63(66)69-60-61(59-68-62(65)56-53-50-47-44-18-15-12-9-6-3)70-64(67)58-55-52-49-46-43-40-24-22-20-17-14-11-8-5-2/h21,23,26-27,29-30,61H,4-20,22,24-25,28,31-60H2,1-3H3/b23-21-,27-26-,30-29-. The lowest BCUT2D eigenvalue weighted by Crippen LogP contribution is -2.30. The molecule has 1 atom stereocenters. The zero-order chi connectivity index (χ0) is 50.7. The Morgan fingerprint density at radius 3 is 0.800 bits per heavy atom. The number of hydrogen-bond donors (Lipinski definition) is 0. The van der Waals surface area contributed by atoms with Crippen molar-refractivity contribution in [3.8, 4) is 0 Å². The monoisotopic (exact) mass is 983 g/mol. The fourth-order valence-electron chi connectivity index (χ4n) is 9.22. The van der Waals surface area contributed by atoms with Gasteiger partial charge >= 0.3 is 17.9 Å². The average Bonchev–Trinajstić information content (AvgIpc) is 3.36. The number of carbonyl (C=O) groups is 3. The lowest BCUT2D eigenvalue weighted by Gasteiger charge is -2.18. The van der Waals surface area contributed by atoms with E-state index in [0.29, 0.717) is 19.3 Å². The molecule has 0 radical (unpaired) electrons. The molecule has 0 N–H and O–H groups in total. The van der Waals surface area contributed by atoms with Crippen LogP contribution in [0.3, 0.4) is 0 Å². The molecule has 0 rings (SSSR count). The number of esters is 3. The summed E-state index contributed by atoms with van der Waals surface area (Å²) in [6, 6.07) is 0. The first-order valence-corrected chi connectivity index (χ1v) is 31.0. The zero-order valence-corrected chi connectivity index (χ0v) is 47.1. The van der Waals surface area contributed by atoms with E-state index >= 15 is 0 Å². The third-order valence-corrected chi connectivity index (χ3v) is 13.9. The number of allylic oxidation sites excluding steroid dienone is 6. The van der Waals surface area contributed by atoms with E-state index in [9.17, 15) is 14.4 Å². The average molecular weight is 984 g/mol. The Bertz CT molecular complexity index is 1170. The van der Waals surface area contributed by atoms with Gasteiger partial charge in [0.15, 0.2) is 6.10 Å². The first-order valence-electron chi connectivity index (χ1n) is 31.0. The Hall–Kier alpha value is -2.37. The highest BCUT2D eigenvalue weighted by atomic mass is 16.6. The maximum Gasteiger partial charge on any atom is 0.306 e. The summed E-state index contributed by atoms with van der Waals surface area (Å²) < 4.78 is 16.9. The third-order valence-electron chi connectivity index (χ3n) is 13.9. The van der Waals surface area contributed by atoms with Gasteiger partial charge in [-0.25, -0.2) is 0 Å². The minimum atomic E-state index is -0.766. The molecule has 0 saturated carbocycles. The first kappa shape index (κ1) is 67.6. The summed E-state index contributed by atoms with van der Waals surface area (Å²) in [5.74, 6) is -0.850. The van der Waals surface area contributed by atoms with Crippen molar-refractivity contribution in [2.75, 3.05) is 13.2 Å². The summed E-state index contributed by atoms with van der Waals surface area (Å²) in [4.78, 5) is 38.1. The molecule has 0 spiro atoms. The topological polar surface area (TPSA) is 78.9 Å². The molecular formula is C64H118O6. The minimum Gasteiger partial charge on any atom is -0.462 e. The van der Waals surface area contributed by atoms with Crippen molar-refractivity contribution in [3.05, 3.63) is 36.5 Å². The van der Waals surface area contributed by atoms with E-state index in [0.717, 1.165) is 70.6 Å². The summed E-state index contributed by atoms with van der Waals surface area (Å²) in [6.07, 6.45) is 71.6. The Labute approximate surface area is 435 Å². The molecule has 1 unspecified atom stereocenters. The van der Waals surface area contributed by atoms with Crippen LogP contribution in [-0.2, 0) is 28.6 Å². The van der Waals surface area contributed by atoms with Crippen LogP contribution in [0.25, 0.3) is 0 Å². The fraction of sp³-hybridized carbons (Fsp3) is 0.859. The van der Waals surface area contributed by atoms with Gasteiger partial charge in [-0.2, -0.15) is 0 Å². The lowest BCUT2D eigenvalue weighted by molar-refractivity contribution is -0.167. The molecule has 410 valence electrons. The molecule has 0 amide bonds. The number of rotatable bonds is 57. The van der Waals surface area contributed by atoms with Crippen LogP contribution in [0.4, 0.5) is 0 Å². The summed E-state index contributed by atoms with van der Waals surface area (Å²) in [6.45, 7) is 6.65. The second-order valence-electron chi connectivity index (χ2n) is 21.0. The van der Waals surface area contributed by atoms with Crippen LogP contribution >= 0.6 is 0 Å². The van der Waals surface area contributed by atoms with Gasteiger partial charge < -0.3 is 14.2 Å². The fourth-order valence-corrected chi connectivity index (χ4v) is 9.22. The second kappa shape index (κ2) is 59.2. The molecule has 0 saturated heterocycles. The summed E-state index contributed by atoms with van der Waals surface area (Å²) in [7, 11) is 0. The smallest absolute Gasteiger partial charge is 0.306 e. The van der Waals surface area contributed by atoms with Gasteiger partial charge in [-0.1, -0.05) is 295 Å². The van der Waals surface area contributed by atoms with Crippen LogP contribution < -0.4 is 0 Å². The van der Waals surface area contributed by atoms with Crippen molar-refractivity contribution < 1.29 is 28.6 Å². The van der Waals surface area contributed by atoms with Gasteiger partial charge in [0.25, 0.3) is 0 Å². The van der Waals surface area contributed by atoms with Crippen LogP contribution in [0.15, 0.2) is 36.5 Å². The molecule has 0 aliphatic heterocycles. The van der Waals surface area contributed by atoms with E-state index < -0.39 is 6.10 Å². The molecule has 0 aliphatic carbocycles. The van der Waals surface area contributed by atoms with E-state index in [-0.39, 0.29) is 31.1 Å². The van der Waals surface area contributed by atoms with Crippen molar-refractivity contribution in [1.29, 1.82) is 0 Å². The normalized spacial score (nSPS) is 12.2. The predicted octanol–water partition coefficient (Wildman–Crippen LogP) is 20.8. The summed E-state index contributed by atoms with van der Waals surface area (Å²) >= 11 is 0. The molecule has 0 heterocycles. The van der Waals surface area contributed by atoms with Gasteiger partial charge in [-0.15, -0.1) is 0 Å². The first-order chi connectivity index (χ1) is 34.5. The minimum absolute atomic E-state index is 0.0666. The number of unbranched alkanes of at least 4 members (excludes halogenated alkanes) is 40. The van der Waals surface area contributed by atoms with Crippen LogP contribution in [-0.4, -0.2) is 37.2 Å². The molecule has 0 bridgehead atoms. The van der Waals surface area contributed by atoms with E-state index in [1.54, 1.807) is 0 Å². The molecule has 0 aromatic carbocycles. The van der Waals surface area contributed by atoms with Gasteiger partial charge in [0.05, 0.1) is 0 Å². The maximum atomic E-state index is 12.8. The van der Waals surface area contributed by atoms with Gasteiger partial charge in [0.1, 0.15) is 13.2 Å². The maximum absolute atomic E-state index is 12.8. The quantitative estimate of drug-likeness (QED) is 0.0261. The van der Waals surface area contributed by atoms with Gasteiger partial charge in [-0.05, 0) is 57.8 Å². The Morgan fingerprint density at radius 1 is 0.286 bits per heavy atom. The van der Waals surface area contributed by atoms with Crippen LogP contribution in [0.5, 0.6) is 0 Å². The van der Waals surface area contributed by atoms with E-state index in [4.69, 9.17) is 14.2 Å². The zero-order valence-electron chi connectivity index (χ0n) is 47.1. The number of carbonyl (C=O) groups excluding carboxylic acids is 3. The highest BCUT2D eigenvalue weighted by Gasteiger charge is 2.19. The molecular weight excluding hydrogens is 865 g/mol. The highest BCUT2D eigenvalue weighted by molar-refractivity contribution is 5.71. The van der Waals surface area contributed by atoms with Crippen molar-refractivity contribution >= 4 is 17.9 Å². The third kappa shape index (κ3) is 56.5. The van der Waals surface area contributed by atoms with E-state index in [2.05, 4.69) is 57.2 Å². The Balaban J connectivity index is 4.09. The SMILES string of the molecule is CCCCCCC/C=C\C/C=C\C/C=C\CCCCCCCCCCCCCCCCC(=O)OCC(COC(=O)CCCCCCCCCCC)OC(=O)CCCCCCCCCCCCCCCC. The second-order valence-corrected chi connectivity index (χ2v) is 21.0. The number of ether oxygens (including phenoxy) is 3. The van der Waals surface area contributed by atoms with Gasteiger partial charge in [-0.3, -0.25) is 14.4 Å². The molecule has 0 fully saturated rings. The molecule has 0 aromatic heterocycles. The Morgan fingerprint density at radius 2 is 0.514 bits per heavy atom. The predicted molar refractivity (Wildman–Crippen MR) is 302 cm³/mol. The Kier molecular flexibility index (Phi) is 57.2. The van der Waals surface area contributed by atoms with Crippen molar-refractivity contribution in [3.63, 3.8) is 0 Å². The van der Waals surface area contributed by atoms with E-state index in [1.165, 1.54) is 225 Å². The van der Waals surface area contributed by atoms with Gasteiger partial charge in [0, 0.05) is 19.3 Å². The molecule has 0 aliphatic rings. The molecule has 6 heteroatoms. The molecule has 6 nitrogen and oxygen atoms in total.